The Kier molecular flexibility index (Phi) is 4.59. The molecule has 1 aromatic rings. The molecule has 3 heteroatoms. The highest BCUT2D eigenvalue weighted by Crippen LogP contribution is 2.24. The van der Waals surface area contributed by atoms with Crippen molar-refractivity contribution >= 4 is 5.69 Å². The first-order chi connectivity index (χ1) is 7.52. The van der Waals surface area contributed by atoms with Crippen LogP contribution in [0.2, 0.25) is 0 Å². The molecule has 16 heavy (non-hydrogen) atoms. The van der Waals surface area contributed by atoms with Crippen LogP contribution < -0.4 is 10.1 Å². The molecule has 0 saturated carbocycles. The first-order valence-electron chi connectivity index (χ1n) is 5.92. The normalized spacial score (nSPS) is 12.6. The summed E-state index contributed by atoms with van der Waals surface area (Å²) in [5.74, 6) is 0.695. The maximum Gasteiger partial charge on any atom is 0.237 e. The molecule has 0 aliphatic carbocycles. The van der Waals surface area contributed by atoms with E-state index in [0.717, 1.165) is 17.7 Å². The smallest absolute Gasteiger partial charge is 0.237 e. The lowest BCUT2D eigenvalue weighted by Gasteiger charge is -2.18. The van der Waals surface area contributed by atoms with Crippen molar-refractivity contribution in [2.75, 3.05) is 5.32 Å². The van der Waals surface area contributed by atoms with Crippen LogP contribution in [0.5, 0.6) is 5.88 Å². The van der Waals surface area contributed by atoms with E-state index in [2.05, 4.69) is 30.2 Å². The maximum absolute atomic E-state index is 5.67. The van der Waals surface area contributed by atoms with Gasteiger partial charge in [0.15, 0.2) is 0 Å². The minimum atomic E-state index is 0.146. The number of rotatable bonds is 5. The van der Waals surface area contributed by atoms with Crippen molar-refractivity contribution in [2.24, 2.45) is 0 Å². The quantitative estimate of drug-likeness (QED) is 0.829. The van der Waals surface area contributed by atoms with Gasteiger partial charge in [0.1, 0.15) is 0 Å². The molecule has 0 fully saturated rings. The molecule has 90 valence electrons. The summed E-state index contributed by atoms with van der Waals surface area (Å²) in [6.07, 6.45) is 3.06. The predicted octanol–water partition coefficient (Wildman–Crippen LogP) is 3.39. The second-order valence-corrected chi connectivity index (χ2v) is 4.49. The fourth-order valence-electron chi connectivity index (χ4n) is 1.34. The lowest BCUT2D eigenvalue weighted by Crippen LogP contribution is -2.16. The van der Waals surface area contributed by atoms with Gasteiger partial charge in [-0.05, 0) is 45.7 Å². The average molecular weight is 222 g/mol. The van der Waals surface area contributed by atoms with Crippen LogP contribution >= 0.6 is 0 Å². The van der Waals surface area contributed by atoms with Gasteiger partial charge in [0.05, 0.1) is 11.8 Å². The summed E-state index contributed by atoms with van der Waals surface area (Å²) >= 11 is 0. The van der Waals surface area contributed by atoms with Gasteiger partial charge >= 0.3 is 0 Å². The van der Waals surface area contributed by atoms with Crippen molar-refractivity contribution < 1.29 is 4.74 Å². The molecule has 1 atom stereocenters. The van der Waals surface area contributed by atoms with E-state index in [1.54, 1.807) is 0 Å². The van der Waals surface area contributed by atoms with Crippen molar-refractivity contribution in [1.29, 1.82) is 0 Å². The van der Waals surface area contributed by atoms with E-state index in [1.807, 2.05) is 27.0 Å². The molecule has 0 radical (unpaired) electrons. The molecule has 0 bridgehead atoms. The summed E-state index contributed by atoms with van der Waals surface area (Å²) in [5, 5.41) is 3.42. The van der Waals surface area contributed by atoms with Gasteiger partial charge in [0.2, 0.25) is 5.88 Å². The van der Waals surface area contributed by atoms with Crippen LogP contribution in [0.4, 0.5) is 5.69 Å². The molecule has 0 spiro atoms. The molecule has 1 N–H and O–H groups in total. The molecule has 0 aliphatic heterocycles. The SMILES string of the molecule is CCC(C)Nc1cc(C)cnc1OC(C)C. The van der Waals surface area contributed by atoms with Crippen molar-refractivity contribution in [2.45, 2.75) is 53.2 Å². The Hall–Kier alpha value is -1.25. The molecule has 1 aromatic heterocycles. The Morgan fingerprint density at radius 2 is 2.06 bits per heavy atom. The lowest BCUT2D eigenvalue weighted by molar-refractivity contribution is 0.234. The summed E-state index contributed by atoms with van der Waals surface area (Å²) in [5.41, 5.74) is 2.13. The van der Waals surface area contributed by atoms with Crippen LogP contribution in [0.25, 0.3) is 0 Å². The first kappa shape index (κ1) is 12.8. The standard InChI is InChI=1S/C13H22N2O/c1-6-11(5)15-12-7-10(4)8-14-13(12)16-9(2)3/h7-9,11,15H,6H2,1-5H3. The van der Waals surface area contributed by atoms with E-state index in [4.69, 9.17) is 4.74 Å². The van der Waals surface area contributed by atoms with Gasteiger partial charge in [-0.25, -0.2) is 4.98 Å². The zero-order valence-electron chi connectivity index (χ0n) is 10.9. The van der Waals surface area contributed by atoms with Crippen LogP contribution in [0.1, 0.15) is 39.7 Å². The third-order valence-corrected chi connectivity index (χ3v) is 2.35. The second-order valence-electron chi connectivity index (χ2n) is 4.49. The van der Waals surface area contributed by atoms with Crippen LogP contribution in [-0.4, -0.2) is 17.1 Å². The fraction of sp³-hybridized carbons (Fsp3) is 0.615. The van der Waals surface area contributed by atoms with E-state index in [9.17, 15) is 0 Å². The van der Waals surface area contributed by atoms with Gasteiger partial charge in [0.25, 0.3) is 0 Å². The lowest BCUT2D eigenvalue weighted by atomic mass is 10.2. The number of anilines is 1. The number of hydrogen-bond acceptors (Lipinski definition) is 3. The summed E-state index contributed by atoms with van der Waals surface area (Å²) in [7, 11) is 0. The van der Waals surface area contributed by atoms with Gasteiger partial charge in [0, 0.05) is 12.2 Å². The van der Waals surface area contributed by atoms with Crippen molar-refractivity contribution in [3.8, 4) is 5.88 Å². The van der Waals surface area contributed by atoms with Gasteiger partial charge in [-0.3, -0.25) is 0 Å². The molecule has 0 aliphatic rings. The third kappa shape index (κ3) is 3.72. The van der Waals surface area contributed by atoms with E-state index in [0.29, 0.717) is 11.9 Å². The number of nitrogens with one attached hydrogen (secondary N) is 1. The topological polar surface area (TPSA) is 34.2 Å². The molecule has 0 aromatic carbocycles. The summed E-state index contributed by atoms with van der Waals surface area (Å²) in [6.45, 7) is 10.4. The van der Waals surface area contributed by atoms with E-state index in [-0.39, 0.29) is 6.10 Å². The van der Waals surface area contributed by atoms with Crippen LogP contribution in [0, 0.1) is 6.92 Å². The van der Waals surface area contributed by atoms with E-state index in [1.165, 1.54) is 0 Å². The van der Waals surface area contributed by atoms with Gasteiger partial charge in [-0.2, -0.15) is 0 Å². The zero-order valence-corrected chi connectivity index (χ0v) is 10.9. The number of hydrogen-bond donors (Lipinski definition) is 1. The van der Waals surface area contributed by atoms with E-state index < -0.39 is 0 Å². The molecule has 0 saturated heterocycles. The average Bonchev–Trinajstić information content (AvgIpc) is 2.21. The van der Waals surface area contributed by atoms with Crippen LogP contribution in [0.3, 0.4) is 0 Å². The van der Waals surface area contributed by atoms with Gasteiger partial charge in [-0.1, -0.05) is 6.92 Å². The highest BCUT2D eigenvalue weighted by molar-refractivity contribution is 5.54. The first-order valence-corrected chi connectivity index (χ1v) is 5.92. The Labute approximate surface area is 98.2 Å². The largest absolute Gasteiger partial charge is 0.473 e. The molecule has 0 amide bonds. The van der Waals surface area contributed by atoms with Crippen LogP contribution in [0.15, 0.2) is 12.3 Å². The fourth-order valence-corrected chi connectivity index (χ4v) is 1.34. The number of aryl methyl sites for hydroxylation is 1. The Morgan fingerprint density at radius 1 is 1.38 bits per heavy atom. The molecule has 1 rings (SSSR count). The number of ether oxygens (including phenoxy) is 1. The zero-order chi connectivity index (χ0) is 12.1. The Morgan fingerprint density at radius 3 is 2.62 bits per heavy atom. The van der Waals surface area contributed by atoms with Crippen molar-refractivity contribution in [3.63, 3.8) is 0 Å². The number of pyridine rings is 1. The van der Waals surface area contributed by atoms with Gasteiger partial charge in [-0.15, -0.1) is 0 Å². The number of aromatic nitrogens is 1. The van der Waals surface area contributed by atoms with E-state index >= 15 is 0 Å². The summed E-state index contributed by atoms with van der Waals surface area (Å²) < 4.78 is 5.67. The minimum Gasteiger partial charge on any atom is -0.473 e. The summed E-state index contributed by atoms with van der Waals surface area (Å²) in [6, 6.07) is 2.51. The molecular weight excluding hydrogens is 200 g/mol. The highest BCUT2D eigenvalue weighted by Gasteiger charge is 2.09. The Balaban J connectivity index is 2.89. The molecule has 1 heterocycles. The van der Waals surface area contributed by atoms with Crippen LogP contribution in [-0.2, 0) is 0 Å². The molecular formula is C13H22N2O. The summed E-state index contributed by atoms with van der Waals surface area (Å²) in [4.78, 5) is 4.32. The monoisotopic (exact) mass is 222 g/mol. The predicted molar refractivity (Wildman–Crippen MR) is 68.1 cm³/mol. The highest BCUT2D eigenvalue weighted by atomic mass is 16.5. The third-order valence-electron chi connectivity index (χ3n) is 2.35. The number of nitrogens with zero attached hydrogens (tertiary/aromatic N) is 1. The minimum absolute atomic E-state index is 0.146. The molecule has 1 unspecified atom stereocenters. The second kappa shape index (κ2) is 5.73. The Bertz CT molecular complexity index is 337. The van der Waals surface area contributed by atoms with Crippen molar-refractivity contribution in [1.82, 2.24) is 4.98 Å². The van der Waals surface area contributed by atoms with Crippen molar-refractivity contribution in [3.05, 3.63) is 17.8 Å². The van der Waals surface area contributed by atoms with Gasteiger partial charge < -0.3 is 10.1 Å². The maximum atomic E-state index is 5.67. The molecule has 3 nitrogen and oxygen atoms in total.